The molecule has 0 bridgehead atoms. The van der Waals surface area contributed by atoms with E-state index in [9.17, 15) is 4.79 Å². The molecular weight excluding hydrogens is 424 g/mol. The van der Waals surface area contributed by atoms with E-state index in [-0.39, 0.29) is 5.56 Å². The molecule has 0 unspecified atom stereocenters. The zero-order valence-electron chi connectivity index (χ0n) is 15.5. The van der Waals surface area contributed by atoms with E-state index in [2.05, 4.69) is 34.1 Å². The van der Waals surface area contributed by atoms with Crippen molar-refractivity contribution >= 4 is 37.6 Å². The highest BCUT2D eigenvalue weighted by molar-refractivity contribution is 9.10. The number of hydrogen-bond acceptors (Lipinski definition) is 2. The number of hydrogen-bond donors (Lipinski definition) is 0. The van der Waals surface area contributed by atoms with Crippen LogP contribution in [0, 0.1) is 0 Å². The minimum atomic E-state index is -0.0388. The lowest BCUT2D eigenvalue weighted by Crippen LogP contribution is -2.24. The summed E-state index contributed by atoms with van der Waals surface area (Å²) in [5.41, 5.74) is 2.68. The molecular formula is C25H17BrN2O. The van der Waals surface area contributed by atoms with Gasteiger partial charge in [0, 0.05) is 10.0 Å². The van der Waals surface area contributed by atoms with Crippen molar-refractivity contribution in [1.29, 1.82) is 0 Å². The molecule has 3 nitrogen and oxygen atoms in total. The molecule has 0 fully saturated rings. The van der Waals surface area contributed by atoms with E-state index in [1.807, 2.05) is 72.8 Å². The summed E-state index contributed by atoms with van der Waals surface area (Å²) in [5, 5.41) is 2.82. The molecule has 0 spiro atoms. The van der Waals surface area contributed by atoms with E-state index in [0.29, 0.717) is 23.3 Å². The van der Waals surface area contributed by atoms with E-state index in [1.165, 1.54) is 0 Å². The second kappa shape index (κ2) is 7.30. The van der Waals surface area contributed by atoms with Gasteiger partial charge < -0.3 is 0 Å². The van der Waals surface area contributed by atoms with Crippen molar-refractivity contribution in [2.45, 2.75) is 6.54 Å². The number of benzene rings is 4. The number of aromatic nitrogens is 2. The standard InChI is InChI=1S/C25H17BrN2O/c26-19-13-14-23-22(15-19)25(29)28(16-17-7-2-1-3-8-17)24(27-23)21-12-6-10-18-9-4-5-11-20(18)21/h1-15H,16H2. The van der Waals surface area contributed by atoms with Gasteiger partial charge in [0.15, 0.2) is 0 Å². The third-order valence-corrected chi connectivity index (χ3v) is 5.62. The quantitative estimate of drug-likeness (QED) is 0.343. The molecule has 0 atom stereocenters. The average molecular weight is 441 g/mol. The van der Waals surface area contributed by atoms with Gasteiger partial charge in [0.05, 0.1) is 17.4 Å². The largest absolute Gasteiger partial charge is 0.288 e. The fourth-order valence-electron chi connectivity index (χ4n) is 3.73. The molecule has 29 heavy (non-hydrogen) atoms. The van der Waals surface area contributed by atoms with Crippen LogP contribution in [-0.2, 0) is 6.54 Å². The summed E-state index contributed by atoms with van der Waals surface area (Å²) < 4.78 is 2.65. The molecule has 0 amide bonds. The molecule has 1 heterocycles. The van der Waals surface area contributed by atoms with Gasteiger partial charge in [0.1, 0.15) is 5.82 Å². The van der Waals surface area contributed by atoms with Gasteiger partial charge in [-0.25, -0.2) is 4.98 Å². The molecule has 0 aliphatic carbocycles. The van der Waals surface area contributed by atoms with E-state index in [0.717, 1.165) is 26.4 Å². The molecule has 0 aliphatic rings. The van der Waals surface area contributed by atoms with Crippen LogP contribution in [0.2, 0.25) is 0 Å². The van der Waals surface area contributed by atoms with Crippen LogP contribution < -0.4 is 5.56 Å². The Morgan fingerprint density at radius 2 is 1.55 bits per heavy atom. The van der Waals surface area contributed by atoms with Crippen molar-refractivity contribution in [3.8, 4) is 11.4 Å². The number of fused-ring (bicyclic) bond motifs is 2. The van der Waals surface area contributed by atoms with Crippen molar-refractivity contribution in [2.75, 3.05) is 0 Å². The first-order chi connectivity index (χ1) is 14.2. The Balaban J connectivity index is 1.85. The van der Waals surface area contributed by atoms with Crippen LogP contribution in [0.15, 0.2) is 100 Å². The van der Waals surface area contributed by atoms with Gasteiger partial charge in [-0.3, -0.25) is 9.36 Å². The Hall–Kier alpha value is -3.24. The maximum absolute atomic E-state index is 13.5. The average Bonchev–Trinajstić information content (AvgIpc) is 2.76. The van der Waals surface area contributed by atoms with Gasteiger partial charge in [-0.2, -0.15) is 0 Å². The molecule has 4 aromatic carbocycles. The Bertz CT molecular complexity index is 1400. The van der Waals surface area contributed by atoms with Crippen LogP contribution in [0.5, 0.6) is 0 Å². The summed E-state index contributed by atoms with van der Waals surface area (Å²) >= 11 is 3.48. The van der Waals surface area contributed by atoms with Gasteiger partial charge in [-0.05, 0) is 34.5 Å². The van der Waals surface area contributed by atoms with Gasteiger partial charge in [0.25, 0.3) is 5.56 Å². The first kappa shape index (κ1) is 17.8. The summed E-state index contributed by atoms with van der Waals surface area (Å²) in [6, 6.07) is 30.0. The van der Waals surface area contributed by atoms with Crippen molar-refractivity contribution in [3.05, 3.63) is 111 Å². The van der Waals surface area contributed by atoms with Gasteiger partial charge in [0.2, 0.25) is 0 Å². The molecule has 4 heteroatoms. The third kappa shape index (κ3) is 3.26. The summed E-state index contributed by atoms with van der Waals surface area (Å²) in [6.07, 6.45) is 0. The third-order valence-electron chi connectivity index (χ3n) is 5.13. The number of rotatable bonds is 3. The highest BCUT2D eigenvalue weighted by atomic mass is 79.9. The Labute approximate surface area is 176 Å². The van der Waals surface area contributed by atoms with Crippen LogP contribution in [0.3, 0.4) is 0 Å². The normalized spacial score (nSPS) is 11.2. The second-order valence-corrected chi connectivity index (χ2v) is 7.92. The summed E-state index contributed by atoms with van der Waals surface area (Å²) in [5.74, 6) is 0.686. The van der Waals surface area contributed by atoms with Gasteiger partial charge in [-0.1, -0.05) is 88.7 Å². The predicted molar refractivity (Wildman–Crippen MR) is 122 cm³/mol. The lowest BCUT2D eigenvalue weighted by molar-refractivity contribution is 0.760. The highest BCUT2D eigenvalue weighted by Crippen LogP contribution is 2.28. The maximum Gasteiger partial charge on any atom is 0.262 e. The molecule has 0 saturated carbocycles. The first-order valence-electron chi connectivity index (χ1n) is 9.43. The lowest BCUT2D eigenvalue weighted by Gasteiger charge is -2.15. The smallest absolute Gasteiger partial charge is 0.262 e. The van der Waals surface area contributed by atoms with E-state index in [4.69, 9.17) is 4.98 Å². The molecule has 0 radical (unpaired) electrons. The molecule has 0 aliphatic heterocycles. The van der Waals surface area contributed by atoms with Crippen LogP contribution in [0.4, 0.5) is 0 Å². The van der Waals surface area contributed by atoms with Crippen LogP contribution >= 0.6 is 15.9 Å². The van der Waals surface area contributed by atoms with E-state index < -0.39 is 0 Å². The summed E-state index contributed by atoms with van der Waals surface area (Å²) in [4.78, 5) is 18.5. The molecule has 140 valence electrons. The van der Waals surface area contributed by atoms with Crippen molar-refractivity contribution in [3.63, 3.8) is 0 Å². The minimum Gasteiger partial charge on any atom is -0.288 e. The van der Waals surface area contributed by atoms with Crippen molar-refractivity contribution in [1.82, 2.24) is 9.55 Å². The zero-order valence-corrected chi connectivity index (χ0v) is 17.1. The Kier molecular flexibility index (Phi) is 4.49. The topological polar surface area (TPSA) is 34.9 Å². The lowest BCUT2D eigenvalue weighted by atomic mass is 10.0. The van der Waals surface area contributed by atoms with Crippen LogP contribution in [0.1, 0.15) is 5.56 Å². The fraction of sp³-hybridized carbons (Fsp3) is 0.0400. The first-order valence-corrected chi connectivity index (χ1v) is 10.2. The summed E-state index contributed by atoms with van der Waals surface area (Å²) in [7, 11) is 0. The molecule has 0 N–H and O–H groups in total. The number of halogens is 1. The predicted octanol–water partition coefficient (Wildman–Crippen LogP) is 6.03. The van der Waals surface area contributed by atoms with Gasteiger partial charge >= 0.3 is 0 Å². The second-order valence-electron chi connectivity index (χ2n) is 7.00. The van der Waals surface area contributed by atoms with Crippen molar-refractivity contribution in [2.24, 2.45) is 0 Å². The van der Waals surface area contributed by atoms with Crippen LogP contribution in [0.25, 0.3) is 33.1 Å². The number of nitrogens with zero attached hydrogens (tertiary/aromatic N) is 2. The zero-order chi connectivity index (χ0) is 19.8. The minimum absolute atomic E-state index is 0.0388. The molecule has 1 aromatic heterocycles. The van der Waals surface area contributed by atoms with Crippen molar-refractivity contribution < 1.29 is 0 Å². The van der Waals surface area contributed by atoms with E-state index >= 15 is 0 Å². The van der Waals surface area contributed by atoms with Gasteiger partial charge in [-0.15, -0.1) is 0 Å². The Morgan fingerprint density at radius 1 is 0.793 bits per heavy atom. The SMILES string of the molecule is O=c1c2cc(Br)ccc2nc(-c2cccc3ccccc23)n1Cc1ccccc1. The Morgan fingerprint density at radius 3 is 2.41 bits per heavy atom. The van der Waals surface area contributed by atoms with Crippen LogP contribution in [-0.4, -0.2) is 9.55 Å². The molecule has 5 aromatic rings. The maximum atomic E-state index is 13.5. The highest BCUT2D eigenvalue weighted by Gasteiger charge is 2.15. The molecule has 0 saturated heterocycles. The fourth-order valence-corrected chi connectivity index (χ4v) is 4.09. The summed E-state index contributed by atoms with van der Waals surface area (Å²) in [6.45, 7) is 0.466. The monoisotopic (exact) mass is 440 g/mol. The van der Waals surface area contributed by atoms with E-state index in [1.54, 1.807) is 4.57 Å². The molecule has 5 rings (SSSR count).